The number of fused-ring (bicyclic) bond motifs is 5. The molecule has 0 radical (unpaired) electrons. The van der Waals surface area contributed by atoms with E-state index in [0.29, 0.717) is 0 Å². The summed E-state index contributed by atoms with van der Waals surface area (Å²) in [6.45, 7) is 0. The van der Waals surface area contributed by atoms with Crippen molar-refractivity contribution in [1.82, 2.24) is 14.4 Å². The van der Waals surface area contributed by atoms with Gasteiger partial charge in [-0.25, -0.2) is 9.97 Å². The van der Waals surface area contributed by atoms with Crippen molar-refractivity contribution >= 4 is 50.6 Å². The lowest BCUT2D eigenvalue weighted by Crippen LogP contribution is -2.24. The van der Waals surface area contributed by atoms with Gasteiger partial charge in [0.05, 0.1) is 16.6 Å². The minimum absolute atomic E-state index is 0.819. The lowest BCUT2D eigenvalue weighted by atomic mass is 10.0. The Kier molecular flexibility index (Phi) is 6.03. The van der Waals surface area contributed by atoms with Crippen LogP contribution in [0.5, 0.6) is 0 Å². The predicted octanol–water partition coefficient (Wildman–Crippen LogP) is 8.01. The Hall–Kier alpha value is -5.31. The molecule has 0 aliphatic heterocycles. The second kappa shape index (κ2) is 10.2. The third-order valence-electron chi connectivity index (χ3n) is 8.09. The maximum absolute atomic E-state index is 14.7. The van der Waals surface area contributed by atoms with E-state index in [1.807, 2.05) is 109 Å². The maximum Gasteiger partial charge on any atom is 0.171 e. The monoisotopic (exact) mass is 571 g/mol. The van der Waals surface area contributed by atoms with Crippen LogP contribution < -0.4 is 15.9 Å². The summed E-state index contributed by atoms with van der Waals surface area (Å²) in [7, 11) is -3.01. The fourth-order valence-corrected chi connectivity index (χ4v) is 8.58. The van der Waals surface area contributed by atoms with E-state index in [-0.39, 0.29) is 0 Å². The normalized spacial score (nSPS) is 11.8. The van der Waals surface area contributed by atoms with Crippen LogP contribution in [-0.4, -0.2) is 14.4 Å². The average Bonchev–Trinajstić information content (AvgIpc) is 3.49. The number of hydrogen-bond donors (Lipinski definition) is 0. The highest BCUT2D eigenvalue weighted by molar-refractivity contribution is 7.85. The van der Waals surface area contributed by atoms with Gasteiger partial charge in [-0.2, -0.15) is 0 Å². The first-order valence-corrected chi connectivity index (χ1v) is 16.0. The molecule has 0 aliphatic carbocycles. The highest BCUT2D eigenvalue weighted by Gasteiger charge is 2.29. The van der Waals surface area contributed by atoms with E-state index in [9.17, 15) is 4.57 Å². The molecule has 0 saturated heterocycles. The molecule has 2 heterocycles. The fourth-order valence-electron chi connectivity index (χ4n) is 5.94. The average molecular weight is 572 g/mol. The largest absolute Gasteiger partial charge is 0.309 e. The Morgan fingerprint density at radius 3 is 1.58 bits per heavy atom. The number of benzene rings is 6. The molecule has 0 fully saturated rings. The van der Waals surface area contributed by atoms with Crippen LogP contribution >= 0.6 is 7.14 Å². The van der Waals surface area contributed by atoms with E-state index in [2.05, 4.69) is 52.9 Å². The Morgan fingerprint density at radius 2 is 0.930 bits per heavy atom. The number of nitrogens with zero attached hydrogens (tertiary/aromatic N) is 3. The van der Waals surface area contributed by atoms with Gasteiger partial charge < -0.3 is 4.57 Å². The van der Waals surface area contributed by atoms with Gasteiger partial charge in [0, 0.05) is 26.9 Å². The summed E-state index contributed by atoms with van der Waals surface area (Å²) >= 11 is 0. The molecule has 43 heavy (non-hydrogen) atoms. The van der Waals surface area contributed by atoms with Gasteiger partial charge in [0.15, 0.2) is 7.14 Å². The SMILES string of the molecule is O=P(c1ccccc1)(c1ccccc1)c1ccc(-c2ccc(-c3nc4ccccc4c4nc5ccccc5n34)cc2)cc1. The van der Waals surface area contributed by atoms with Crippen LogP contribution in [0.25, 0.3) is 50.1 Å². The van der Waals surface area contributed by atoms with E-state index in [1.54, 1.807) is 0 Å². The molecule has 0 N–H and O–H groups in total. The highest BCUT2D eigenvalue weighted by Crippen LogP contribution is 2.42. The van der Waals surface area contributed by atoms with Gasteiger partial charge in [0.2, 0.25) is 0 Å². The molecule has 0 spiro atoms. The molecule has 0 amide bonds. The molecule has 8 aromatic rings. The summed E-state index contributed by atoms with van der Waals surface area (Å²) < 4.78 is 16.9. The summed E-state index contributed by atoms with van der Waals surface area (Å²) in [6, 6.07) is 52.5. The number of aromatic nitrogens is 3. The number of para-hydroxylation sites is 3. The summed E-state index contributed by atoms with van der Waals surface area (Å²) in [5.74, 6) is 0.857. The quantitative estimate of drug-likeness (QED) is 0.197. The van der Waals surface area contributed by atoms with Gasteiger partial charge in [0.1, 0.15) is 11.5 Å². The van der Waals surface area contributed by atoms with Gasteiger partial charge in [0.25, 0.3) is 0 Å². The van der Waals surface area contributed by atoms with E-state index in [0.717, 1.165) is 66.0 Å². The summed E-state index contributed by atoms with van der Waals surface area (Å²) in [5, 5.41) is 3.52. The van der Waals surface area contributed by atoms with Crippen LogP contribution in [-0.2, 0) is 4.57 Å². The minimum atomic E-state index is -3.01. The van der Waals surface area contributed by atoms with Gasteiger partial charge in [-0.15, -0.1) is 0 Å². The van der Waals surface area contributed by atoms with Crippen LogP contribution in [0.4, 0.5) is 0 Å². The molecule has 4 nitrogen and oxygen atoms in total. The molecule has 2 aromatic heterocycles. The van der Waals surface area contributed by atoms with Crippen molar-refractivity contribution in [3.8, 4) is 22.5 Å². The van der Waals surface area contributed by atoms with Crippen LogP contribution in [0.15, 0.2) is 158 Å². The fraction of sp³-hybridized carbons (Fsp3) is 0. The Balaban J connectivity index is 1.20. The third-order valence-corrected chi connectivity index (χ3v) is 11.2. The molecule has 8 rings (SSSR count). The molecule has 0 atom stereocenters. The first-order chi connectivity index (χ1) is 21.2. The number of hydrogen-bond acceptors (Lipinski definition) is 3. The Bertz CT molecular complexity index is 2250. The first kappa shape index (κ1) is 25.4. The number of rotatable bonds is 5. The lowest BCUT2D eigenvalue weighted by Gasteiger charge is -2.20. The molecule has 0 saturated carbocycles. The third kappa shape index (κ3) is 4.19. The van der Waals surface area contributed by atoms with Crippen molar-refractivity contribution in [2.45, 2.75) is 0 Å². The van der Waals surface area contributed by atoms with E-state index < -0.39 is 7.14 Å². The topological polar surface area (TPSA) is 47.3 Å². The smallest absolute Gasteiger partial charge is 0.171 e. The minimum Gasteiger partial charge on any atom is -0.309 e. The van der Waals surface area contributed by atoms with Crippen molar-refractivity contribution in [2.75, 3.05) is 0 Å². The summed E-state index contributed by atoms with van der Waals surface area (Å²) in [6.07, 6.45) is 0. The molecule has 204 valence electrons. The standard InChI is InChI=1S/C38H26N3OP/c42-43(30-11-3-1-4-12-30,31-13-5-2-6-14-31)32-25-23-28(24-26-32)27-19-21-29(22-20-27)37-39-34-16-8-7-15-33(34)38-40-35-17-9-10-18-36(35)41(37)38/h1-26H. The van der Waals surface area contributed by atoms with Crippen LogP contribution in [0.2, 0.25) is 0 Å². The molecule has 0 aliphatic rings. The van der Waals surface area contributed by atoms with Crippen molar-refractivity contribution in [1.29, 1.82) is 0 Å². The zero-order valence-electron chi connectivity index (χ0n) is 23.2. The lowest BCUT2D eigenvalue weighted by molar-refractivity contribution is 0.592. The van der Waals surface area contributed by atoms with Crippen LogP contribution in [0.3, 0.4) is 0 Å². The zero-order chi connectivity index (χ0) is 28.8. The second-order valence-corrected chi connectivity index (χ2v) is 13.4. The predicted molar refractivity (Wildman–Crippen MR) is 178 cm³/mol. The first-order valence-electron chi connectivity index (χ1n) is 14.3. The van der Waals surface area contributed by atoms with E-state index in [1.165, 1.54) is 0 Å². The van der Waals surface area contributed by atoms with Crippen LogP contribution in [0, 0.1) is 0 Å². The molecule has 5 heteroatoms. The second-order valence-electron chi connectivity index (χ2n) is 10.6. The summed E-state index contributed by atoms with van der Waals surface area (Å²) in [5.41, 5.74) is 6.96. The number of imidazole rings is 1. The maximum atomic E-state index is 14.7. The van der Waals surface area contributed by atoms with Crippen LogP contribution in [0.1, 0.15) is 0 Å². The highest BCUT2D eigenvalue weighted by atomic mass is 31.2. The molecular formula is C38H26N3OP. The van der Waals surface area contributed by atoms with E-state index in [4.69, 9.17) is 9.97 Å². The van der Waals surface area contributed by atoms with Crippen molar-refractivity contribution in [3.05, 3.63) is 158 Å². The van der Waals surface area contributed by atoms with E-state index >= 15 is 0 Å². The van der Waals surface area contributed by atoms with Crippen molar-refractivity contribution in [2.24, 2.45) is 0 Å². The van der Waals surface area contributed by atoms with Crippen molar-refractivity contribution in [3.63, 3.8) is 0 Å². The molecule has 0 unspecified atom stereocenters. The van der Waals surface area contributed by atoms with Gasteiger partial charge in [-0.1, -0.05) is 133 Å². The van der Waals surface area contributed by atoms with Gasteiger partial charge in [-0.3, -0.25) is 4.40 Å². The Labute approximate surface area is 249 Å². The molecular weight excluding hydrogens is 545 g/mol. The van der Waals surface area contributed by atoms with Gasteiger partial charge >= 0.3 is 0 Å². The van der Waals surface area contributed by atoms with Crippen molar-refractivity contribution < 1.29 is 4.57 Å². The summed E-state index contributed by atoms with van der Waals surface area (Å²) in [4.78, 5) is 10.1. The molecule has 0 bridgehead atoms. The zero-order valence-corrected chi connectivity index (χ0v) is 24.1. The van der Waals surface area contributed by atoms with Gasteiger partial charge in [-0.05, 0) is 35.4 Å². The molecule has 6 aromatic carbocycles. The Morgan fingerprint density at radius 1 is 0.442 bits per heavy atom.